The number of hydrogen-bond acceptors (Lipinski definition) is 2. The van der Waals surface area contributed by atoms with Gasteiger partial charge in [0.2, 0.25) is 0 Å². The molecule has 3 heteroatoms. The van der Waals surface area contributed by atoms with Gasteiger partial charge >= 0.3 is 5.97 Å². The van der Waals surface area contributed by atoms with Gasteiger partial charge in [-0.05, 0) is 24.3 Å². The molecule has 2 nitrogen and oxygen atoms in total. The first kappa shape index (κ1) is 8.08. The average Bonchev–Trinajstić information content (AvgIpc) is 2.05. The SMILES string of the molecule is COC(=O)c1ccc(Cl)cc1. The predicted molar refractivity (Wildman–Crippen MR) is 42.8 cm³/mol. The zero-order valence-electron chi connectivity index (χ0n) is 6.00. The van der Waals surface area contributed by atoms with Crippen molar-refractivity contribution in [2.24, 2.45) is 0 Å². The highest BCUT2D eigenvalue weighted by molar-refractivity contribution is 6.30. The maximum absolute atomic E-state index is 10.9. The number of carbonyl (C=O) groups excluding carboxylic acids is 1. The van der Waals surface area contributed by atoms with E-state index in [0.29, 0.717) is 10.6 Å². The van der Waals surface area contributed by atoms with E-state index in [4.69, 9.17) is 11.6 Å². The molecule has 0 radical (unpaired) electrons. The number of hydrogen-bond donors (Lipinski definition) is 0. The summed E-state index contributed by atoms with van der Waals surface area (Å²) in [6.07, 6.45) is 0. The molecule has 0 N–H and O–H groups in total. The van der Waals surface area contributed by atoms with E-state index in [-0.39, 0.29) is 5.97 Å². The maximum atomic E-state index is 10.9. The first-order valence-electron chi connectivity index (χ1n) is 3.08. The molecule has 58 valence electrons. The number of halogens is 1. The van der Waals surface area contributed by atoms with Crippen LogP contribution < -0.4 is 0 Å². The Labute approximate surface area is 69.7 Å². The number of methoxy groups -OCH3 is 1. The molecule has 1 aromatic carbocycles. The van der Waals surface area contributed by atoms with Crippen LogP contribution in [0.1, 0.15) is 10.4 Å². The Balaban J connectivity index is 2.90. The zero-order valence-corrected chi connectivity index (χ0v) is 6.76. The van der Waals surface area contributed by atoms with Crippen LogP contribution in [0.15, 0.2) is 24.3 Å². The predicted octanol–water partition coefficient (Wildman–Crippen LogP) is 2.13. The second-order valence-corrected chi connectivity index (χ2v) is 2.43. The van der Waals surface area contributed by atoms with E-state index in [1.165, 1.54) is 7.11 Å². The molecule has 1 aromatic rings. The molecule has 0 unspecified atom stereocenters. The van der Waals surface area contributed by atoms with Crippen molar-refractivity contribution in [2.75, 3.05) is 7.11 Å². The van der Waals surface area contributed by atoms with Crippen molar-refractivity contribution in [1.29, 1.82) is 0 Å². The lowest BCUT2D eigenvalue weighted by atomic mass is 10.2. The Bertz CT molecular complexity index is 253. The van der Waals surface area contributed by atoms with Gasteiger partial charge in [-0.2, -0.15) is 0 Å². The van der Waals surface area contributed by atoms with Crippen LogP contribution in [0.25, 0.3) is 0 Å². The summed E-state index contributed by atoms with van der Waals surface area (Å²) in [6, 6.07) is 6.53. The van der Waals surface area contributed by atoms with Crippen LogP contribution in [-0.4, -0.2) is 13.1 Å². The Morgan fingerprint density at radius 2 is 1.91 bits per heavy atom. The van der Waals surface area contributed by atoms with Crippen molar-refractivity contribution in [2.45, 2.75) is 0 Å². The molecule has 0 saturated heterocycles. The summed E-state index contributed by atoms with van der Waals surface area (Å²) in [5.41, 5.74) is 0.511. The fraction of sp³-hybridized carbons (Fsp3) is 0.125. The van der Waals surface area contributed by atoms with Crippen molar-refractivity contribution < 1.29 is 9.53 Å². The molecule has 0 aromatic heterocycles. The average molecular weight is 171 g/mol. The first-order valence-corrected chi connectivity index (χ1v) is 3.45. The van der Waals surface area contributed by atoms with Crippen molar-refractivity contribution in [3.63, 3.8) is 0 Å². The lowest BCUT2D eigenvalue weighted by Gasteiger charge is -1.97. The van der Waals surface area contributed by atoms with Gasteiger partial charge in [0, 0.05) is 5.02 Å². The maximum Gasteiger partial charge on any atom is 0.337 e. The van der Waals surface area contributed by atoms with E-state index in [9.17, 15) is 4.79 Å². The fourth-order valence-corrected chi connectivity index (χ4v) is 0.830. The lowest BCUT2D eigenvalue weighted by molar-refractivity contribution is 0.0601. The summed E-state index contributed by atoms with van der Waals surface area (Å²) < 4.78 is 4.49. The third kappa shape index (κ3) is 1.95. The van der Waals surface area contributed by atoms with Gasteiger partial charge in [-0.3, -0.25) is 0 Å². The zero-order chi connectivity index (χ0) is 8.27. The molecule has 0 aliphatic carbocycles. The number of esters is 1. The van der Waals surface area contributed by atoms with Gasteiger partial charge in [0.05, 0.1) is 12.7 Å². The number of carbonyl (C=O) groups is 1. The third-order valence-electron chi connectivity index (χ3n) is 1.27. The van der Waals surface area contributed by atoms with E-state index in [2.05, 4.69) is 4.74 Å². The van der Waals surface area contributed by atoms with Crippen molar-refractivity contribution in [3.05, 3.63) is 34.9 Å². The van der Waals surface area contributed by atoms with Crippen LogP contribution >= 0.6 is 11.6 Å². The van der Waals surface area contributed by atoms with Gasteiger partial charge in [-0.15, -0.1) is 0 Å². The summed E-state index contributed by atoms with van der Waals surface area (Å²) in [6.45, 7) is 0. The minimum Gasteiger partial charge on any atom is -0.465 e. The summed E-state index contributed by atoms with van der Waals surface area (Å²) in [7, 11) is 1.34. The molecule has 0 spiro atoms. The molecule has 0 aliphatic heterocycles. The Kier molecular flexibility index (Phi) is 2.49. The Morgan fingerprint density at radius 1 is 1.36 bits per heavy atom. The van der Waals surface area contributed by atoms with E-state index in [1.807, 2.05) is 0 Å². The highest BCUT2D eigenvalue weighted by Crippen LogP contribution is 2.09. The quantitative estimate of drug-likeness (QED) is 0.604. The second kappa shape index (κ2) is 3.39. The van der Waals surface area contributed by atoms with E-state index < -0.39 is 0 Å². The molecule has 0 saturated carbocycles. The third-order valence-corrected chi connectivity index (χ3v) is 1.52. The van der Waals surface area contributed by atoms with Crippen LogP contribution in [0.3, 0.4) is 0 Å². The summed E-state index contributed by atoms with van der Waals surface area (Å²) in [5, 5.41) is 0.609. The summed E-state index contributed by atoms with van der Waals surface area (Å²) >= 11 is 5.61. The standard InChI is InChI=1S/C8H7ClO2/c1-11-8(10)6-2-4-7(9)5-3-6/h2-5H,1H3. The Hall–Kier alpha value is -1.02. The highest BCUT2D eigenvalue weighted by atomic mass is 35.5. The molecular weight excluding hydrogens is 164 g/mol. The van der Waals surface area contributed by atoms with E-state index in [0.717, 1.165) is 0 Å². The molecule has 1 rings (SSSR count). The summed E-state index contributed by atoms with van der Waals surface area (Å²) in [5.74, 6) is -0.346. The molecule has 0 aliphatic rings. The monoisotopic (exact) mass is 170 g/mol. The van der Waals surface area contributed by atoms with Crippen molar-refractivity contribution >= 4 is 17.6 Å². The first-order chi connectivity index (χ1) is 5.24. The van der Waals surface area contributed by atoms with E-state index in [1.54, 1.807) is 24.3 Å². The normalized spacial score (nSPS) is 9.27. The van der Waals surface area contributed by atoms with Crippen LogP contribution in [0.5, 0.6) is 0 Å². The number of ether oxygens (including phenoxy) is 1. The van der Waals surface area contributed by atoms with Gasteiger partial charge < -0.3 is 4.74 Å². The molecule has 0 heterocycles. The van der Waals surface area contributed by atoms with Crippen LogP contribution in [0.2, 0.25) is 5.02 Å². The highest BCUT2D eigenvalue weighted by Gasteiger charge is 2.02. The topological polar surface area (TPSA) is 26.3 Å². The van der Waals surface area contributed by atoms with Gasteiger partial charge in [0.1, 0.15) is 0 Å². The Morgan fingerprint density at radius 3 is 2.36 bits per heavy atom. The van der Waals surface area contributed by atoms with Gasteiger partial charge in [0.25, 0.3) is 0 Å². The van der Waals surface area contributed by atoms with Crippen LogP contribution in [0.4, 0.5) is 0 Å². The molecule has 0 atom stereocenters. The van der Waals surface area contributed by atoms with Gasteiger partial charge in [0.15, 0.2) is 0 Å². The van der Waals surface area contributed by atoms with Crippen molar-refractivity contribution in [3.8, 4) is 0 Å². The van der Waals surface area contributed by atoms with E-state index >= 15 is 0 Å². The van der Waals surface area contributed by atoms with Crippen LogP contribution in [-0.2, 0) is 4.74 Å². The minimum atomic E-state index is -0.346. The fourth-order valence-electron chi connectivity index (χ4n) is 0.704. The van der Waals surface area contributed by atoms with Gasteiger partial charge in [-0.1, -0.05) is 11.6 Å². The smallest absolute Gasteiger partial charge is 0.337 e. The molecule has 0 amide bonds. The summed E-state index contributed by atoms with van der Waals surface area (Å²) in [4.78, 5) is 10.9. The molecule has 0 fully saturated rings. The number of benzene rings is 1. The van der Waals surface area contributed by atoms with Gasteiger partial charge in [-0.25, -0.2) is 4.79 Å². The van der Waals surface area contributed by atoms with Crippen molar-refractivity contribution in [1.82, 2.24) is 0 Å². The second-order valence-electron chi connectivity index (χ2n) is 2.00. The molecular formula is C8H7ClO2. The molecule has 11 heavy (non-hydrogen) atoms. The van der Waals surface area contributed by atoms with Crippen LogP contribution in [0, 0.1) is 0 Å². The minimum absolute atomic E-state index is 0.346. The molecule has 0 bridgehead atoms. The number of rotatable bonds is 1. The largest absolute Gasteiger partial charge is 0.465 e. The lowest BCUT2D eigenvalue weighted by Crippen LogP contribution is -1.99.